The number of benzene rings is 1. The molecule has 0 saturated carbocycles. The fraction of sp³-hybridized carbons (Fsp3) is 0.462. The second-order valence-electron chi connectivity index (χ2n) is 4.16. The Morgan fingerprint density at radius 3 is 2.44 bits per heavy atom. The van der Waals surface area contributed by atoms with E-state index in [1.807, 2.05) is 18.2 Å². The molecular weight excluding hydrogens is 200 g/mol. The van der Waals surface area contributed by atoms with Gasteiger partial charge in [0.2, 0.25) is 5.91 Å². The molecule has 1 rings (SSSR count). The van der Waals surface area contributed by atoms with Gasteiger partial charge in [0, 0.05) is 19.6 Å². The number of likely N-dealkylation sites (N-methyl/N-ethyl adjacent to an activating group) is 1. The molecule has 0 aliphatic heterocycles. The van der Waals surface area contributed by atoms with Crippen molar-refractivity contribution in [2.24, 2.45) is 0 Å². The van der Waals surface area contributed by atoms with E-state index < -0.39 is 0 Å². The number of hydrogen-bond donors (Lipinski definition) is 1. The maximum Gasteiger partial charge on any atom is 0.233 e. The van der Waals surface area contributed by atoms with Gasteiger partial charge < -0.3 is 5.32 Å². The van der Waals surface area contributed by atoms with Crippen LogP contribution in [0.5, 0.6) is 0 Å². The summed E-state index contributed by atoms with van der Waals surface area (Å²) < 4.78 is 0. The zero-order chi connectivity index (χ0) is 12.0. The van der Waals surface area contributed by atoms with Crippen molar-refractivity contribution in [3.8, 4) is 0 Å². The van der Waals surface area contributed by atoms with Crippen LogP contribution in [-0.2, 0) is 11.3 Å². The molecule has 0 unspecified atom stereocenters. The first-order valence-electron chi connectivity index (χ1n) is 5.62. The van der Waals surface area contributed by atoms with Crippen molar-refractivity contribution < 1.29 is 4.79 Å². The number of carbonyl (C=O) groups excluding carboxylic acids is 1. The smallest absolute Gasteiger partial charge is 0.233 e. The third-order valence-electron chi connectivity index (χ3n) is 2.58. The minimum Gasteiger partial charge on any atom is -0.358 e. The Labute approximate surface area is 97.5 Å². The monoisotopic (exact) mass is 220 g/mol. The lowest BCUT2D eigenvalue weighted by Gasteiger charge is -2.25. The van der Waals surface area contributed by atoms with Crippen LogP contribution < -0.4 is 5.32 Å². The fourth-order valence-corrected chi connectivity index (χ4v) is 1.50. The zero-order valence-corrected chi connectivity index (χ0v) is 10.2. The average molecular weight is 220 g/mol. The maximum atomic E-state index is 11.4. The van der Waals surface area contributed by atoms with Crippen molar-refractivity contribution in [1.82, 2.24) is 10.2 Å². The molecule has 0 aromatic heterocycles. The molecule has 88 valence electrons. The summed E-state index contributed by atoms with van der Waals surface area (Å²) in [6, 6.07) is 10.6. The predicted octanol–water partition coefficient (Wildman–Crippen LogP) is 1.64. The number of hydrogen-bond acceptors (Lipinski definition) is 2. The Morgan fingerprint density at radius 2 is 1.94 bits per heavy atom. The van der Waals surface area contributed by atoms with Crippen molar-refractivity contribution in [2.75, 3.05) is 13.6 Å². The summed E-state index contributed by atoms with van der Waals surface area (Å²) in [4.78, 5) is 13.5. The molecule has 0 atom stereocenters. The van der Waals surface area contributed by atoms with Crippen molar-refractivity contribution in [3.63, 3.8) is 0 Å². The lowest BCUT2D eigenvalue weighted by Crippen LogP contribution is -2.39. The minimum absolute atomic E-state index is 0.0598. The van der Waals surface area contributed by atoms with E-state index in [0.717, 1.165) is 6.54 Å². The van der Waals surface area contributed by atoms with Crippen LogP contribution in [0.3, 0.4) is 0 Å². The zero-order valence-electron chi connectivity index (χ0n) is 10.2. The largest absolute Gasteiger partial charge is 0.358 e. The Bertz CT molecular complexity index is 322. The molecule has 0 saturated heterocycles. The highest BCUT2D eigenvalue weighted by molar-refractivity contribution is 5.77. The molecule has 0 aliphatic carbocycles. The fourth-order valence-electron chi connectivity index (χ4n) is 1.50. The highest BCUT2D eigenvalue weighted by Crippen LogP contribution is 2.07. The highest BCUT2D eigenvalue weighted by atomic mass is 16.1. The van der Waals surface area contributed by atoms with Crippen molar-refractivity contribution in [2.45, 2.75) is 26.4 Å². The Kier molecular flexibility index (Phi) is 4.99. The van der Waals surface area contributed by atoms with Crippen LogP contribution in [0.4, 0.5) is 0 Å². The van der Waals surface area contributed by atoms with E-state index in [1.165, 1.54) is 5.56 Å². The van der Waals surface area contributed by atoms with Crippen molar-refractivity contribution >= 4 is 5.91 Å². The third-order valence-corrected chi connectivity index (χ3v) is 2.58. The average Bonchev–Trinajstić information content (AvgIpc) is 2.29. The molecule has 3 heteroatoms. The molecule has 0 spiro atoms. The van der Waals surface area contributed by atoms with Gasteiger partial charge in [0.05, 0.1) is 6.54 Å². The molecule has 1 N–H and O–H groups in total. The molecule has 1 aromatic rings. The lowest BCUT2D eigenvalue weighted by atomic mass is 10.2. The molecule has 0 heterocycles. The molecule has 0 aliphatic rings. The van der Waals surface area contributed by atoms with E-state index in [4.69, 9.17) is 0 Å². The van der Waals surface area contributed by atoms with Crippen LogP contribution in [0.1, 0.15) is 19.4 Å². The number of rotatable bonds is 5. The van der Waals surface area contributed by atoms with Crippen LogP contribution in [0.2, 0.25) is 0 Å². The first-order chi connectivity index (χ1) is 7.63. The van der Waals surface area contributed by atoms with Gasteiger partial charge in [-0.25, -0.2) is 0 Å². The summed E-state index contributed by atoms with van der Waals surface area (Å²) >= 11 is 0. The van der Waals surface area contributed by atoms with Crippen LogP contribution in [0, 0.1) is 0 Å². The van der Waals surface area contributed by atoms with Crippen LogP contribution in [-0.4, -0.2) is 30.4 Å². The second-order valence-corrected chi connectivity index (χ2v) is 4.16. The molecule has 0 fully saturated rings. The molecule has 1 amide bonds. The molecule has 16 heavy (non-hydrogen) atoms. The van der Waals surface area contributed by atoms with Gasteiger partial charge >= 0.3 is 0 Å². The van der Waals surface area contributed by atoms with Gasteiger partial charge in [-0.15, -0.1) is 0 Å². The van der Waals surface area contributed by atoms with E-state index >= 15 is 0 Å². The number of nitrogens with zero attached hydrogens (tertiary/aromatic N) is 1. The highest BCUT2D eigenvalue weighted by Gasteiger charge is 2.13. The number of nitrogens with one attached hydrogen (secondary N) is 1. The van der Waals surface area contributed by atoms with Gasteiger partial charge in [0.25, 0.3) is 0 Å². The molecule has 3 nitrogen and oxygen atoms in total. The second kappa shape index (κ2) is 6.28. The minimum atomic E-state index is 0.0598. The number of amides is 1. The van der Waals surface area contributed by atoms with E-state index in [2.05, 4.69) is 36.2 Å². The van der Waals surface area contributed by atoms with Gasteiger partial charge in [-0.3, -0.25) is 9.69 Å². The topological polar surface area (TPSA) is 32.3 Å². The number of carbonyl (C=O) groups is 1. The van der Waals surface area contributed by atoms with Gasteiger partial charge in [-0.2, -0.15) is 0 Å². The predicted molar refractivity (Wildman–Crippen MR) is 66.1 cm³/mol. The van der Waals surface area contributed by atoms with Gasteiger partial charge in [0.1, 0.15) is 0 Å². The summed E-state index contributed by atoms with van der Waals surface area (Å²) in [5.41, 5.74) is 1.24. The first kappa shape index (κ1) is 12.7. The first-order valence-corrected chi connectivity index (χ1v) is 5.62. The Balaban J connectivity index is 2.62. The van der Waals surface area contributed by atoms with E-state index in [-0.39, 0.29) is 5.91 Å². The van der Waals surface area contributed by atoms with Crippen LogP contribution >= 0.6 is 0 Å². The van der Waals surface area contributed by atoms with Gasteiger partial charge in [-0.1, -0.05) is 30.3 Å². The Morgan fingerprint density at radius 1 is 1.31 bits per heavy atom. The quantitative estimate of drug-likeness (QED) is 0.818. The molecule has 1 aromatic carbocycles. The van der Waals surface area contributed by atoms with E-state index in [0.29, 0.717) is 12.6 Å². The summed E-state index contributed by atoms with van der Waals surface area (Å²) in [5.74, 6) is 0.0598. The standard InChI is InChI=1S/C13H20N2O/c1-11(2)15(10-13(16)14-3)9-12-7-5-4-6-8-12/h4-8,11H,9-10H2,1-3H3,(H,14,16). The SMILES string of the molecule is CNC(=O)CN(Cc1ccccc1)C(C)C. The maximum absolute atomic E-state index is 11.4. The summed E-state index contributed by atoms with van der Waals surface area (Å²) in [6.07, 6.45) is 0. The van der Waals surface area contributed by atoms with Gasteiger partial charge in [-0.05, 0) is 19.4 Å². The summed E-state index contributed by atoms with van der Waals surface area (Å²) in [6.45, 7) is 5.47. The molecule has 0 radical (unpaired) electrons. The van der Waals surface area contributed by atoms with Crippen molar-refractivity contribution in [1.29, 1.82) is 0 Å². The van der Waals surface area contributed by atoms with E-state index in [9.17, 15) is 4.79 Å². The van der Waals surface area contributed by atoms with Gasteiger partial charge in [0.15, 0.2) is 0 Å². The van der Waals surface area contributed by atoms with Crippen LogP contribution in [0.15, 0.2) is 30.3 Å². The Hall–Kier alpha value is -1.35. The lowest BCUT2D eigenvalue weighted by molar-refractivity contribution is -0.122. The third kappa shape index (κ3) is 4.03. The molecular formula is C13H20N2O. The summed E-state index contributed by atoms with van der Waals surface area (Å²) in [7, 11) is 1.67. The summed E-state index contributed by atoms with van der Waals surface area (Å²) in [5, 5.41) is 2.66. The van der Waals surface area contributed by atoms with Crippen LogP contribution in [0.25, 0.3) is 0 Å². The normalized spacial score (nSPS) is 10.8. The molecule has 0 bridgehead atoms. The van der Waals surface area contributed by atoms with E-state index in [1.54, 1.807) is 7.05 Å². The van der Waals surface area contributed by atoms with Crippen molar-refractivity contribution in [3.05, 3.63) is 35.9 Å².